The topological polar surface area (TPSA) is 17.8 Å². The van der Waals surface area contributed by atoms with Crippen molar-refractivity contribution in [1.82, 2.24) is 9.55 Å². The van der Waals surface area contributed by atoms with E-state index in [2.05, 4.69) is 66.9 Å². The van der Waals surface area contributed by atoms with Crippen LogP contribution in [0.25, 0.3) is 11.0 Å². The van der Waals surface area contributed by atoms with Crippen LogP contribution < -0.4 is 0 Å². The Morgan fingerprint density at radius 3 is 2.77 bits per heavy atom. The number of fused-ring (bicyclic) bond motifs is 1. The van der Waals surface area contributed by atoms with Gasteiger partial charge in [0.15, 0.2) is 5.16 Å². The minimum Gasteiger partial charge on any atom is -0.319 e. The maximum absolute atomic E-state index is 4.83. The molecule has 0 radical (unpaired) electrons. The largest absolute Gasteiger partial charge is 0.319 e. The van der Waals surface area contributed by atoms with Crippen molar-refractivity contribution < 1.29 is 0 Å². The quantitative estimate of drug-likeness (QED) is 0.564. The van der Waals surface area contributed by atoms with Gasteiger partial charge in [0.2, 0.25) is 0 Å². The Morgan fingerprint density at radius 1 is 1.09 bits per heavy atom. The van der Waals surface area contributed by atoms with Crippen LogP contribution in [0.3, 0.4) is 0 Å². The first-order valence-electron chi connectivity index (χ1n) is 7.91. The summed E-state index contributed by atoms with van der Waals surface area (Å²) in [5.74, 6) is 0.969. The van der Waals surface area contributed by atoms with Crippen LogP contribution in [0.1, 0.15) is 30.9 Å². The molecule has 0 aliphatic rings. The minimum absolute atomic E-state index is 0.969. The Hall–Kier alpha value is -1.74. The van der Waals surface area contributed by atoms with Crippen LogP contribution in [0.4, 0.5) is 0 Å². The Kier molecular flexibility index (Phi) is 4.84. The van der Waals surface area contributed by atoms with Gasteiger partial charge >= 0.3 is 0 Å². The van der Waals surface area contributed by atoms with Gasteiger partial charge in [-0.25, -0.2) is 4.98 Å². The molecule has 0 amide bonds. The summed E-state index contributed by atoms with van der Waals surface area (Å²) in [5.41, 5.74) is 5.03. The zero-order valence-electron chi connectivity index (χ0n) is 13.2. The third-order valence-electron chi connectivity index (χ3n) is 3.81. The van der Waals surface area contributed by atoms with Crippen LogP contribution in [0.2, 0.25) is 0 Å². The molecular weight excluding hydrogens is 288 g/mol. The molecule has 0 fully saturated rings. The van der Waals surface area contributed by atoms with E-state index in [1.165, 1.54) is 29.5 Å². The van der Waals surface area contributed by atoms with Crippen LogP contribution in [0.5, 0.6) is 0 Å². The van der Waals surface area contributed by atoms with Crippen LogP contribution in [-0.4, -0.2) is 9.55 Å². The summed E-state index contributed by atoms with van der Waals surface area (Å²) in [5, 5.41) is 1.14. The fourth-order valence-electron chi connectivity index (χ4n) is 2.65. The molecule has 1 heterocycles. The molecule has 22 heavy (non-hydrogen) atoms. The van der Waals surface area contributed by atoms with E-state index in [4.69, 9.17) is 4.98 Å². The zero-order valence-corrected chi connectivity index (χ0v) is 14.1. The molecule has 3 heteroatoms. The van der Waals surface area contributed by atoms with Crippen molar-refractivity contribution in [3.63, 3.8) is 0 Å². The third-order valence-corrected chi connectivity index (χ3v) is 4.85. The summed E-state index contributed by atoms with van der Waals surface area (Å²) in [6, 6.07) is 17.2. The third kappa shape index (κ3) is 3.36. The fraction of sp³-hybridized carbons (Fsp3) is 0.316. The van der Waals surface area contributed by atoms with Crippen molar-refractivity contribution in [2.24, 2.45) is 0 Å². The maximum Gasteiger partial charge on any atom is 0.169 e. The van der Waals surface area contributed by atoms with Gasteiger partial charge in [-0.05, 0) is 31.0 Å². The Labute approximate surface area is 136 Å². The molecule has 2 nitrogen and oxygen atoms in total. The molecule has 0 saturated heterocycles. The molecule has 3 aromatic rings. The van der Waals surface area contributed by atoms with Crippen molar-refractivity contribution in [2.75, 3.05) is 0 Å². The van der Waals surface area contributed by atoms with E-state index in [9.17, 15) is 0 Å². The number of aromatic nitrogens is 2. The standard InChI is InChI=1S/C19H22N2S/c1-3-4-12-21-18-11-6-5-10-17(18)20-19(21)22-14-16-9-7-8-15(2)13-16/h5-11,13H,3-4,12,14H2,1-2H3. The Bertz CT molecular complexity index is 761. The first-order valence-corrected chi connectivity index (χ1v) is 8.90. The van der Waals surface area contributed by atoms with E-state index in [0.29, 0.717) is 0 Å². The van der Waals surface area contributed by atoms with Gasteiger partial charge in [-0.15, -0.1) is 0 Å². The van der Waals surface area contributed by atoms with Crippen LogP contribution in [0, 0.1) is 6.92 Å². The second kappa shape index (κ2) is 7.01. The number of para-hydroxylation sites is 2. The van der Waals surface area contributed by atoms with Gasteiger partial charge in [0.05, 0.1) is 11.0 Å². The molecule has 114 valence electrons. The smallest absolute Gasteiger partial charge is 0.169 e. The van der Waals surface area contributed by atoms with Crippen molar-refractivity contribution in [1.29, 1.82) is 0 Å². The summed E-state index contributed by atoms with van der Waals surface area (Å²) >= 11 is 1.84. The highest BCUT2D eigenvalue weighted by Gasteiger charge is 2.10. The number of aryl methyl sites for hydroxylation is 2. The lowest BCUT2D eigenvalue weighted by molar-refractivity contribution is 0.602. The first-order chi connectivity index (χ1) is 10.8. The second-order valence-corrected chi connectivity index (χ2v) is 6.61. The normalized spacial score (nSPS) is 11.2. The summed E-state index contributed by atoms with van der Waals surface area (Å²) in [6.07, 6.45) is 2.40. The molecule has 0 aliphatic heterocycles. The first kappa shape index (κ1) is 15.2. The predicted molar refractivity (Wildman–Crippen MR) is 95.4 cm³/mol. The van der Waals surface area contributed by atoms with Gasteiger partial charge in [-0.3, -0.25) is 0 Å². The van der Waals surface area contributed by atoms with Gasteiger partial charge in [0, 0.05) is 12.3 Å². The van der Waals surface area contributed by atoms with Gasteiger partial charge in [0.1, 0.15) is 0 Å². The van der Waals surface area contributed by atoms with Crippen molar-refractivity contribution in [3.05, 3.63) is 59.7 Å². The molecular formula is C19H22N2S. The number of unbranched alkanes of at least 4 members (excludes halogenated alkanes) is 1. The Morgan fingerprint density at radius 2 is 1.95 bits per heavy atom. The molecule has 3 rings (SSSR count). The van der Waals surface area contributed by atoms with Crippen molar-refractivity contribution >= 4 is 22.8 Å². The van der Waals surface area contributed by atoms with Crippen LogP contribution in [0.15, 0.2) is 53.7 Å². The van der Waals surface area contributed by atoms with E-state index in [-0.39, 0.29) is 0 Å². The van der Waals surface area contributed by atoms with Crippen molar-refractivity contribution in [2.45, 2.75) is 44.1 Å². The zero-order chi connectivity index (χ0) is 15.4. The molecule has 1 aromatic heterocycles. The SMILES string of the molecule is CCCCn1c(SCc2cccc(C)c2)nc2ccccc21. The molecule has 0 aliphatic carbocycles. The van der Waals surface area contributed by atoms with Gasteiger partial charge in [0.25, 0.3) is 0 Å². The van der Waals surface area contributed by atoms with E-state index >= 15 is 0 Å². The molecule has 0 N–H and O–H groups in total. The number of imidazole rings is 1. The van der Waals surface area contributed by atoms with Gasteiger partial charge < -0.3 is 4.57 Å². The molecule has 0 saturated carbocycles. The molecule has 2 aromatic carbocycles. The number of thioether (sulfide) groups is 1. The van der Waals surface area contributed by atoms with Crippen molar-refractivity contribution in [3.8, 4) is 0 Å². The monoisotopic (exact) mass is 310 g/mol. The maximum atomic E-state index is 4.83. The number of hydrogen-bond acceptors (Lipinski definition) is 2. The summed E-state index contributed by atoms with van der Waals surface area (Å²) in [4.78, 5) is 4.83. The van der Waals surface area contributed by atoms with Crippen LogP contribution >= 0.6 is 11.8 Å². The number of benzene rings is 2. The lowest BCUT2D eigenvalue weighted by Gasteiger charge is -2.08. The molecule has 0 atom stereocenters. The fourth-order valence-corrected chi connectivity index (χ4v) is 3.63. The lowest BCUT2D eigenvalue weighted by atomic mass is 10.2. The van der Waals surface area contributed by atoms with Gasteiger partial charge in [-0.2, -0.15) is 0 Å². The highest BCUT2D eigenvalue weighted by atomic mass is 32.2. The van der Waals surface area contributed by atoms with E-state index in [1.807, 2.05) is 11.8 Å². The number of nitrogens with zero attached hydrogens (tertiary/aromatic N) is 2. The lowest BCUT2D eigenvalue weighted by Crippen LogP contribution is -1.99. The Balaban J connectivity index is 1.85. The molecule has 0 spiro atoms. The van der Waals surface area contributed by atoms with E-state index in [0.717, 1.165) is 23.0 Å². The highest BCUT2D eigenvalue weighted by molar-refractivity contribution is 7.98. The average Bonchev–Trinajstić information content (AvgIpc) is 2.88. The minimum atomic E-state index is 0.969. The predicted octanol–water partition coefficient (Wildman–Crippen LogP) is 5.44. The summed E-state index contributed by atoms with van der Waals surface area (Å²) in [6.45, 7) is 5.43. The summed E-state index contributed by atoms with van der Waals surface area (Å²) < 4.78 is 2.37. The number of rotatable bonds is 6. The molecule has 0 unspecified atom stereocenters. The average molecular weight is 310 g/mol. The second-order valence-electron chi connectivity index (χ2n) is 5.67. The van der Waals surface area contributed by atoms with E-state index < -0.39 is 0 Å². The number of hydrogen-bond donors (Lipinski definition) is 0. The highest BCUT2D eigenvalue weighted by Crippen LogP contribution is 2.27. The molecule has 0 bridgehead atoms. The summed E-state index contributed by atoms with van der Waals surface area (Å²) in [7, 11) is 0. The van der Waals surface area contributed by atoms with Crippen LogP contribution in [-0.2, 0) is 12.3 Å². The van der Waals surface area contributed by atoms with E-state index in [1.54, 1.807) is 0 Å². The van der Waals surface area contributed by atoms with Gasteiger partial charge in [-0.1, -0.05) is 67.1 Å².